The first-order chi connectivity index (χ1) is 9.71. The van der Waals surface area contributed by atoms with Gasteiger partial charge in [0.25, 0.3) is 0 Å². The quantitative estimate of drug-likeness (QED) is 0.319. The van der Waals surface area contributed by atoms with Gasteiger partial charge in [-0.2, -0.15) is 4.91 Å². The molecule has 0 saturated heterocycles. The number of hydrogen-bond donors (Lipinski definition) is 2. The van der Waals surface area contributed by atoms with Crippen LogP contribution < -0.4 is 5.73 Å². The Hall–Kier alpha value is -1.84. The summed E-state index contributed by atoms with van der Waals surface area (Å²) in [7, 11) is 0. The molecule has 3 N–H and O–H groups in total. The van der Waals surface area contributed by atoms with Crippen molar-refractivity contribution in [1.82, 2.24) is 0 Å². The van der Waals surface area contributed by atoms with E-state index in [1.807, 2.05) is 13.0 Å². The summed E-state index contributed by atoms with van der Waals surface area (Å²) in [6.07, 6.45) is 14.9. The van der Waals surface area contributed by atoms with Crippen molar-refractivity contribution < 1.29 is 5.11 Å². The number of hydrogen-bond acceptors (Lipinski definition) is 4. The lowest BCUT2D eigenvalue weighted by Gasteiger charge is -2.24. The van der Waals surface area contributed by atoms with E-state index in [4.69, 9.17) is 5.73 Å². The minimum Gasteiger partial charge on any atom is -0.512 e. The number of allylic oxidation sites excluding steroid dienone is 6. The number of nitrogens with zero attached hydrogens (tertiary/aromatic N) is 1. The van der Waals surface area contributed by atoms with Gasteiger partial charge in [-0.3, -0.25) is 0 Å². The summed E-state index contributed by atoms with van der Waals surface area (Å²) in [6.45, 7) is 2.13. The summed E-state index contributed by atoms with van der Waals surface area (Å²) in [6, 6.07) is 0. The third-order valence-electron chi connectivity index (χ3n) is 3.59. The lowest BCUT2D eigenvalue weighted by Crippen LogP contribution is -2.15. The van der Waals surface area contributed by atoms with Crippen LogP contribution in [0.25, 0.3) is 0 Å². The van der Waals surface area contributed by atoms with Crippen LogP contribution in [0.5, 0.6) is 0 Å². The van der Waals surface area contributed by atoms with Crippen LogP contribution in [0, 0.1) is 16.7 Å². The Morgan fingerprint density at radius 2 is 2.35 bits per heavy atom. The molecule has 1 rings (SSSR count). The van der Waals surface area contributed by atoms with Gasteiger partial charge >= 0.3 is 0 Å². The van der Waals surface area contributed by atoms with Crippen molar-refractivity contribution in [2.24, 2.45) is 22.7 Å². The Balaban J connectivity index is 2.71. The fourth-order valence-electron chi connectivity index (χ4n) is 2.49. The van der Waals surface area contributed by atoms with Gasteiger partial charge in [0.1, 0.15) is 0 Å². The van der Waals surface area contributed by atoms with Gasteiger partial charge in [-0.15, -0.1) is 0 Å². The largest absolute Gasteiger partial charge is 0.512 e. The van der Waals surface area contributed by atoms with Gasteiger partial charge in [0.2, 0.25) is 0 Å². The Morgan fingerprint density at radius 1 is 1.55 bits per heavy atom. The van der Waals surface area contributed by atoms with Crippen molar-refractivity contribution in [3.63, 3.8) is 0 Å². The van der Waals surface area contributed by atoms with E-state index in [1.54, 1.807) is 18.4 Å². The van der Waals surface area contributed by atoms with E-state index in [-0.39, 0.29) is 12.5 Å². The van der Waals surface area contributed by atoms with Gasteiger partial charge in [0.15, 0.2) is 0 Å². The molecule has 1 aliphatic rings. The fraction of sp³-hybridized carbons (Fsp3) is 0.500. The average molecular weight is 276 g/mol. The van der Waals surface area contributed by atoms with Crippen molar-refractivity contribution in [3.8, 4) is 0 Å². The standard InChI is InChI=1S/C16H24N2O2/c1-2-13(8-10-18-20)11-16(19)12-15-6-4-3-5-14(15)7-9-17/h4,6-9,11,14-15,19H,2-3,5,10,12,17H2,1H3/b9-7+,13-8-,16-11+. The van der Waals surface area contributed by atoms with Crippen LogP contribution in [-0.4, -0.2) is 11.7 Å². The highest BCUT2D eigenvalue weighted by Crippen LogP contribution is 2.30. The molecule has 0 aromatic rings. The summed E-state index contributed by atoms with van der Waals surface area (Å²) in [5.74, 6) is 1.00. The van der Waals surface area contributed by atoms with E-state index in [1.165, 1.54) is 0 Å². The van der Waals surface area contributed by atoms with Crippen LogP contribution in [0.3, 0.4) is 0 Å². The highest BCUT2D eigenvalue weighted by atomic mass is 16.3. The second-order valence-corrected chi connectivity index (χ2v) is 5.00. The van der Waals surface area contributed by atoms with Crippen molar-refractivity contribution in [2.45, 2.75) is 32.6 Å². The van der Waals surface area contributed by atoms with Crippen molar-refractivity contribution in [3.05, 3.63) is 52.8 Å². The van der Waals surface area contributed by atoms with E-state index in [2.05, 4.69) is 17.3 Å². The van der Waals surface area contributed by atoms with E-state index in [9.17, 15) is 10.0 Å². The van der Waals surface area contributed by atoms with Gasteiger partial charge in [-0.05, 0) is 48.9 Å². The molecule has 0 radical (unpaired) electrons. The van der Waals surface area contributed by atoms with Crippen LogP contribution in [0.2, 0.25) is 0 Å². The van der Waals surface area contributed by atoms with Gasteiger partial charge in [-0.1, -0.05) is 36.4 Å². The van der Waals surface area contributed by atoms with Gasteiger partial charge < -0.3 is 10.8 Å². The molecule has 110 valence electrons. The van der Waals surface area contributed by atoms with Crippen molar-refractivity contribution in [2.75, 3.05) is 6.54 Å². The molecular formula is C16H24N2O2. The number of nitrogens with two attached hydrogens (primary N) is 1. The van der Waals surface area contributed by atoms with Crippen LogP contribution in [0.15, 0.2) is 53.1 Å². The average Bonchev–Trinajstić information content (AvgIpc) is 2.45. The Morgan fingerprint density at radius 3 is 3.00 bits per heavy atom. The highest BCUT2D eigenvalue weighted by molar-refractivity contribution is 5.22. The maximum Gasteiger partial charge on any atom is 0.0998 e. The predicted molar refractivity (Wildman–Crippen MR) is 83.0 cm³/mol. The predicted octanol–water partition coefficient (Wildman–Crippen LogP) is 3.98. The molecule has 0 saturated carbocycles. The van der Waals surface area contributed by atoms with E-state index < -0.39 is 0 Å². The summed E-state index contributed by atoms with van der Waals surface area (Å²) < 4.78 is 0. The van der Waals surface area contributed by atoms with Crippen LogP contribution in [0.1, 0.15) is 32.6 Å². The number of nitroso groups, excluding NO2 is 1. The maximum atomic E-state index is 10.1. The second-order valence-electron chi connectivity index (χ2n) is 5.00. The fourth-order valence-corrected chi connectivity index (χ4v) is 2.49. The van der Waals surface area contributed by atoms with Crippen LogP contribution in [0.4, 0.5) is 0 Å². The third-order valence-corrected chi connectivity index (χ3v) is 3.59. The molecule has 0 aromatic carbocycles. The van der Waals surface area contributed by atoms with Gasteiger partial charge in [0.05, 0.1) is 12.3 Å². The zero-order chi connectivity index (χ0) is 14.8. The summed E-state index contributed by atoms with van der Waals surface area (Å²) in [5.41, 5.74) is 6.42. The molecule has 0 spiro atoms. The SMILES string of the molecule is CCC(=C/CN=O)/C=C(/O)CC1C=CCCC1/C=C/N. The molecule has 0 fully saturated rings. The zero-order valence-electron chi connectivity index (χ0n) is 12.0. The molecule has 2 unspecified atom stereocenters. The molecule has 0 aliphatic heterocycles. The second kappa shape index (κ2) is 9.13. The van der Waals surface area contributed by atoms with E-state index >= 15 is 0 Å². The smallest absolute Gasteiger partial charge is 0.0998 e. The molecule has 1 aliphatic carbocycles. The molecule has 0 heterocycles. The van der Waals surface area contributed by atoms with Gasteiger partial charge in [0, 0.05) is 6.42 Å². The van der Waals surface area contributed by atoms with Crippen LogP contribution in [-0.2, 0) is 0 Å². The monoisotopic (exact) mass is 276 g/mol. The first kappa shape index (κ1) is 16.2. The first-order valence-corrected chi connectivity index (χ1v) is 7.14. The topological polar surface area (TPSA) is 75.7 Å². The molecule has 20 heavy (non-hydrogen) atoms. The van der Waals surface area contributed by atoms with E-state index in [0.29, 0.717) is 18.1 Å². The molecule has 0 bridgehead atoms. The minimum absolute atomic E-state index is 0.148. The number of rotatable bonds is 7. The molecule has 4 nitrogen and oxygen atoms in total. The highest BCUT2D eigenvalue weighted by Gasteiger charge is 2.20. The molecule has 0 aromatic heterocycles. The normalized spacial score (nSPS) is 24.2. The molecule has 2 atom stereocenters. The summed E-state index contributed by atoms with van der Waals surface area (Å²) in [4.78, 5) is 10.1. The number of aliphatic hydroxyl groups excluding tert-OH is 1. The third kappa shape index (κ3) is 5.43. The lowest BCUT2D eigenvalue weighted by molar-refractivity contribution is 0.330. The Bertz CT molecular complexity index is 422. The van der Waals surface area contributed by atoms with E-state index in [0.717, 1.165) is 24.8 Å². The van der Waals surface area contributed by atoms with Crippen molar-refractivity contribution in [1.29, 1.82) is 0 Å². The molecule has 0 amide bonds. The summed E-state index contributed by atoms with van der Waals surface area (Å²) in [5, 5.41) is 12.9. The molecule has 4 heteroatoms. The van der Waals surface area contributed by atoms with Crippen molar-refractivity contribution >= 4 is 0 Å². The van der Waals surface area contributed by atoms with Crippen LogP contribution >= 0.6 is 0 Å². The first-order valence-electron chi connectivity index (χ1n) is 7.14. The lowest BCUT2D eigenvalue weighted by atomic mass is 9.81. The summed E-state index contributed by atoms with van der Waals surface area (Å²) >= 11 is 0. The maximum absolute atomic E-state index is 10.1. The molecular weight excluding hydrogens is 252 g/mol. The van der Waals surface area contributed by atoms with Gasteiger partial charge in [-0.25, -0.2) is 0 Å². The Kier molecular flexibility index (Phi) is 7.40. The number of aliphatic hydroxyl groups is 1. The minimum atomic E-state index is 0.148. The Labute approximate surface area is 120 Å². The zero-order valence-corrected chi connectivity index (χ0v) is 12.0.